The van der Waals surface area contributed by atoms with Gasteiger partial charge in [-0.25, -0.2) is 8.78 Å². The van der Waals surface area contributed by atoms with Gasteiger partial charge in [0, 0.05) is 7.05 Å². The van der Waals surface area contributed by atoms with E-state index in [0.717, 1.165) is 4.90 Å². The molecule has 0 spiro atoms. The third-order valence-electron chi connectivity index (χ3n) is 2.11. The van der Waals surface area contributed by atoms with Crippen molar-refractivity contribution < 1.29 is 18.3 Å². The molecular weight excluding hydrogens is 230 g/mol. The van der Waals surface area contributed by atoms with Crippen molar-refractivity contribution in [2.45, 2.75) is 6.43 Å². The Balaban J connectivity index is 2.46. The van der Waals surface area contributed by atoms with Gasteiger partial charge in [-0.3, -0.25) is 4.79 Å². The lowest BCUT2D eigenvalue weighted by Gasteiger charge is -2.17. The van der Waals surface area contributed by atoms with Gasteiger partial charge in [-0.05, 0) is 12.1 Å². The summed E-state index contributed by atoms with van der Waals surface area (Å²) in [4.78, 5) is 12.3. The molecule has 0 aliphatic rings. The number of anilines is 1. The zero-order valence-corrected chi connectivity index (χ0v) is 9.40. The molecule has 2 N–H and O–H groups in total. The van der Waals surface area contributed by atoms with E-state index in [2.05, 4.69) is 0 Å². The molecule has 0 bridgehead atoms. The standard InChI is InChI=1S/C11H14F2N2O2/c1-15(6-10(12)13)11(16)7-17-9-5-3-2-4-8(9)14/h2-5,10H,6-7,14H2,1H3. The first-order valence-electron chi connectivity index (χ1n) is 5.00. The predicted molar refractivity (Wildman–Crippen MR) is 60.0 cm³/mol. The number of alkyl halides is 2. The number of rotatable bonds is 5. The molecule has 0 aliphatic carbocycles. The number of halogens is 2. The topological polar surface area (TPSA) is 55.6 Å². The summed E-state index contributed by atoms with van der Waals surface area (Å²) in [6.07, 6.45) is -2.55. The number of carbonyl (C=O) groups excluding carboxylic acids is 1. The number of nitrogen functional groups attached to an aromatic ring is 1. The molecule has 0 heterocycles. The SMILES string of the molecule is CN(CC(F)F)C(=O)COc1ccccc1N. The molecule has 0 aliphatic heterocycles. The fourth-order valence-electron chi connectivity index (χ4n) is 1.17. The van der Waals surface area contributed by atoms with E-state index < -0.39 is 18.9 Å². The Morgan fingerprint density at radius 2 is 2.12 bits per heavy atom. The third-order valence-corrected chi connectivity index (χ3v) is 2.11. The summed E-state index contributed by atoms with van der Waals surface area (Å²) in [6.45, 7) is -0.913. The van der Waals surface area contributed by atoms with Crippen molar-refractivity contribution >= 4 is 11.6 Å². The van der Waals surface area contributed by atoms with E-state index in [4.69, 9.17) is 10.5 Å². The van der Waals surface area contributed by atoms with Crippen LogP contribution in [-0.2, 0) is 4.79 Å². The van der Waals surface area contributed by atoms with Gasteiger partial charge in [0.05, 0.1) is 12.2 Å². The van der Waals surface area contributed by atoms with E-state index in [1.165, 1.54) is 7.05 Å². The van der Waals surface area contributed by atoms with E-state index in [-0.39, 0.29) is 6.61 Å². The molecule has 0 aromatic heterocycles. The molecule has 0 atom stereocenters. The van der Waals surface area contributed by atoms with Crippen LogP contribution in [-0.4, -0.2) is 37.4 Å². The monoisotopic (exact) mass is 244 g/mol. The molecule has 4 nitrogen and oxygen atoms in total. The first-order valence-corrected chi connectivity index (χ1v) is 5.00. The molecule has 0 radical (unpaired) electrons. The molecule has 0 unspecified atom stereocenters. The number of ether oxygens (including phenoxy) is 1. The minimum absolute atomic E-state index is 0.308. The van der Waals surface area contributed by atoms with Gasteiger partial charge in [-0.2, -0.15) is 0 Å². The summed E-state index contributed by atoms with van der Waals surface area (Å²) in [5, 5.41) is 0. The Morgan fingerprint density at radius 3 is 2.71 bits per heavy atom. The average molecular weight is 244 g/mol. The average Bonchev–Trinajstić information content (AvgIpc) is 2.26. The van der Waals surface area contributed by atoms with E-state index in [1.807, 2.05) is 0 Å². The Kier molecular flexibility index (Phi) is 4.68. The molecule has 0 saturated heterocycles. The maximum Gasteiger partial charge on any atom is 0.260 e. The maximum atomic E-state index is 12.0. The van der Waals surface area contributed by atoms with E-state index in [1.54, 1.807) is 24.3 Å². The van der Waals surface area contributed by atoms with Crippen LogP contribution >= 0.6 is 0 Å². The molecular formula is C11H14F2N2O2. The Morgan fingerprint density at radius 1 is 1.47 bits per heavy atom. The van der Waals surface area contributed by atoms with Crippen LogP contribution in [0.1, 0.15) is 0 Å². The van der Waals surface area contributed by atoms with Crippen LogP contribution in [0.2, 0.25) is 0 Å². The molecule has 6 heteroatoms. The van der Waals surface area contributed by atoms with Gasteiger partial charge in [-0.15, -0.1) is 0 Å². The van der Waals surface area contributed by atoms with E-state index in [9.17, 15) is 13.6 Å². The first-order chi connectivity index (χ1) is 8.00. The van der Waals surface area contributed by atoms with Crippen molar-refractivity contribution in [1.82, 2.24) is 4.90 Å². The zero-order chi connectivity index (χ0) is 12.8. The zero-order valence-electron chi connectivity index (χ0n) is 9.40. The summed E-state index contributed by atoms with van der Waals surface area (Å²) < 4.78 is 29.2. The summed E-state index contributed by atoms with van der Waals surface area (Å²) in [7, 11) is 1.30. The van der Waals surface area contributed by atoms with E-state index in [0.29, 0.717) is 11.4 Å². The van der Waals surface area contributed by atoms with Crippen LogP contribution < -0.4 is 10.5 Å². The molecule has 1 aromatic carbocycles. The molecule has 0 fully saturated rings. The normalized spacial score (nSPS) is 10.4. The van der Waals surface area contributed by atoms with Gasteiger partial charge in [0.1, 0.15) is 5.75 Å². The van der Waals surface area contributed by atoms with Gasteiger partial charge < -0.3 is 15.4 Å². The lowest BCUT2D eigenvalue weighted by atomic mass is 10.3. The van der Waals surface area contributed by atoms with Gasteiger partial charge >= 0.3 is 0 Å². The highest BCUT2D eigenvalue weighted by Gasteiger charge is 2.14. The molecule has 17 heavy (non-hydrogen) atoms. The van der Waals surface area contributed by atoms with Crippen molar-refractivity contribution in [2.24, 2.45) is 0 Å². The summed E-state index contributed by atoms with van der Waals surface area (Å²) >= 11 is 0. The Hall–Kier alpha value is -1.85. The minimum Gasteiger partial charge on any atom is -0.482 e. The van der Waals surface area contributed by atoms with Crippen molar-refractivity contribution in [3.63, 3.8) is 0 Å². The van der Waals surface area contributed by atoms with Gasteiger partial charge in [0.15, 0.2) is 6.61 Å². The number of nitrogens with zero attached hydrogens (tertiary/aromatic N) is 1. The quantitative estimate of drug-likeness (QED) is 0.796. The second kappa shape index (κ2) is 6.03. The Labute approximate surface area is 98.0 Å². The van der Waals surface area contributed by atoms with E-state index >= 15 is 0 Å². The van der Waals surface area contributed by atoms with Crippen LogP contribution in [0.3, 0.4) is 0 Å². The number of para-hydroxylation sites is 2. The minimum atomic E-state index is -2.55. The first kappa shape index (κ1) is 13.2. The lowest BCUT2D eigenvalue weighted by molar-refractivity contribution is -0.133. The highest BCUT2D eigenvalue weighted by Crippen LogP contribution is 2.19. The number of carbonyl (C=O) groups is 1. The summed E-state index contributed by atoms with van der Waals surface area (Å²) in [6, 6.07) is 6.67. The lowest BCUT2D eigenvalue weighted by Crippen LogP contribution is -2.34. The van der Waals surface area contributed by atoms with Crippen molar-refractivity contribution in [1.29, 1.82) is 0 Å². The van der Waals surface area contributed by atoms with Crippen LogP contribution in [0.25, 0.3) is 0 Å². The van der Waals surface area contributed by atoms with Gasteiger partial charge in [0.2, 0.25) is 0 Å². The molecule has 1 amide bonds. The van der Waals surface area contributed by atoms with Crippen LogP contribution in [0.5, 0.6) is 5.75 Å². The number of nitrogens with two attached hydrogens (primary N) is 1. The smallest absolute Gasteiger partial charge is 0.260 e. The van der Waals surface area contributed by atoms with Crippen molar-refractivity contribution in [2.75, 3.05) is 25.9 Å². The van der Waals surface area contributed by atoms with Crippen LogP contribution in [0, 0.1) is 0 Å². The highest BCUT2D eigenvalue weighted by molar-refractivity contribution is 5.77. The second-order valence-corrected chi connectivity index (χ2v) is 3.49. The largest absolute Gasteiger partial charge is 0.482 e. The summed E-state index contributed by atoms with van der Waals surface area (Å²) in [5.74, 6) is -0.153. The summed E-state index contributed by atoms with van der Waals surface area (Å²) in [5.41, 5.74) is 5.99. The molecule has 1 rings (SSSR count). The number of hydrogen-bond donors (Lipinski definition) is 1. The van der Waals surface area contributed by atoms with Gasteiger partial charge in [-0.1, -0.05) is 12.1 Å². The number of amides is 1. The predicted octanol–water partition coefficient (Wildman–Crippen LogP) is 1.37. The molecule has 1 aromatic rings. The van der Waals surface area contributed by atoms with Crippen LogP contribution in [0.4, 0.5) is 14.5 Å². The van der Waals surface area contributed by atoms with Gasteiger partial charge in [0.25, 0.3) is 12.3 Å². The Bertz CT molecular complexity index is 385. The van der Waals surface area contributed by atoms with Crippen LogP contribution in [0.15, 0.2) is 24.3 Å². The molecule has 0 saturated carbocycles. The van der Waals surface area contributed by atoms with Crippen molar-refractivity contribution in [3.05, 3.63) is 24.3 Å². The van der Waals surface area contributed by atoms with Crippen molar-refractivity contribution in [3.8, 4) is 5.75 Å². The second-order valence-electron chi connectivity index (χ2n) is 3.49. The fourth-order valence-corrected chi connectivity index (χ4v) is 1.17. The maximum absolute atomic E-state index is 12.0. The molecule has 94 valence electrons. The fraction of sp³-hybridized carbons (Fsp3) is 0.364. The number of likely N-dealkylation sites (N-methyl/N-ethyl adjacent to an activating group) is 1. The highest BCUT2D eigenvalue weighted by atomic mass is 19.3. The number of benzene rings is 1. The number of hydrogen-bond acceptors (Lipinski definition) is 3. The third kappa shape index (κ3) is 4.26.